The van der Waals surface area contributed by atoms with E-state index in [-0.39, 0.29) is 11.1 Å². The average molecular weight is 229 g/mol. The molecule has 5 heteroatoms. The molecular formula is C11H7N3OS. The van der Waals surface area contributed by atoms with Gasteiger partial charge in [-0.25, -0.2) is 0 Å². The van der Waals surface area contributed by atoms with Crippen molar-refractivity contribution in [2.45, 2.75) is 0 Å². The fourth-order valence-corrected chi connectivity index (χ4v) is 1.96. The molecule has 1 heterocycles. The topological polar surface area (TPSA) is 79.2 Å². The van der Waals surface area contributed by atoms with E-state index in [0.717, 1.165) is 17.3 Å². The Hall–Kier alpha value is -2.06. The number of aliphatic imine (C=N–C) groups is 1. The molecule has 78 valence electrons. The van der Waals surface area contributed by atoms with E-state index >= 15 is 0 Å². The van der Waals surface area contributed by atoms with Gasteiger partial charge >= 0.3 is 0 Å². The van der Waals surface area contributed by atoms with Crippen LogP contribution in [0.25, 0.3) is 6.08 Å². The van der Waals surface area contributed by atoms with E-state index in [1.165, 1.54) is 0 Å². The summed E-state index contributed by atoms with van der Waals surface area (Å²) in [6.07, 6.45) is 1.68. The first-order valence-corrected chi connectivity index (χ1v) is 5.29. The summed E-state index contributed by atoms with van der Waals surface area (Å²) in [5.74, 6) is -0.329. The summed E-state index contributed by atoms with van der Waals surface area (Å²) in [7, 11) is 0. The van der Waals surface area contributed by atoms with Crippen LogP contribution in [0, 0.1) is 11.3 Å². The molecule has 1 aromatic carbocycles. The van der Waals surface area contributed by atoms with Crippen molar-refractivity contribution in [1.82, 2.24) is 0 Å². The van der Waals surface area contributed by atoms with E-state index in [2.05, 4.69) is 4.99 Å². The quantitative estimate of drug-likeness (QED) is 0.740. The van der Waals surface area contributed by atoms with Crippen LogP contribution in [-0.2, 0) is 4.79 Å². The molecule has 4 nitrogen and oxygen atoms in total. The number of thioether (sulfide) groups is 1. The van der Waals surface area contributed by atoms with Crippen LogP contribution in [0.4, 0.5) is 0 Å². The summed E-state index contributed by atoms with van der Waals surface area (Å²) in [5, 5.41) is 8.99. The van der Waals surface area contributed by atoms with Crippen molar-refractivity contribution in [2.24, 2.45) is 10.7 Å². The molecule has 0 atom stereocenters. The third-order valence-corrected chi connectivity index (χ3v) is 2.76. The summed E-state index contributed by atoms with van der Waals surface area (Å²) >= 11 is 1.14. The largest absolute Gasteiger partial charge is 0.378 e. The Labute approximate surface area is 96.5 Å². The standard InChI is InChI=1S/C11H7N3OS/c12-6-8-3-1-2-7(4-8)5-9-10(15)14-11(13)16-9/h1-5H,(H2,13,14,15)/b9-5-. The van der Waals surface area contributed by atoms with E-state index in [4.69, 9.17) is 11.0 Å². The highest BCUT2D eigenvalue weighted by Crippen LogP contribution is 2.26. The lowest BCUT2D eigenvalue weighted by atomic mass is 10.1. The minimum atomic E-state index is -0.329. The monoisotopic (exact) mass is 229 g/mol. The molecule has 2 N–H and O–H groups in total. The molecule has 0 saturated carbocycles. The predicted octanol–water partition coefficient (Wildman–Crippen LogP) is 1.49. The van der Waals surface area contributed by atoms with Gasteiger partial charge in [-0.2, -0.15) is 10.3 Å². The summed E-state index contributed by atoms with van der Waals surface area (Å²) in [5.41, 5.74) is 6.77. The minimum absolute atomic E-state index is 0.257. The van der Waals surface area contributed by atoms with Crippen LogP contribution >= 0.6 is 11.8 Å². The molecular weight excluding hydrogens is 222 g/mol. The first kappa shape index (κ1) is 10.5. The number of amides is 1. The van der Waals surface area contributed by atoms with Crippen LogP contribution in [0.2, 0.25) is 0 Å². The molecule has 0 aromatic heterocycles. The number of hydrogen-bond donors (Lipinski definition) is 1. The van der Waals surface area contributed by atoms with Crippen molar-refractivity contribution in [3.63, 3.8) is 0 Å². The van der Waals surface area contributed by atoms with Gasteiger partial charge in [-0.15, -0.1) is 0 Å². The summed E-state index contributed by atoms with van der Waals surface area (Å²) in [6.45, 7) is 0. The third kappa shape index (κ3) is 2.12. The highest BCUT2D eigenvalue weighted by atomic mass is 32.2. The highest BCUT2D eigenvalue weighted by Gasteiger charge is 2.19. The first-order chi connectivity index (χ1) is 7.69. The number of hydrogen-bond acceptors (Lipinski definition) is 4. The Bertz CT molecular complexity index is 555. The number of benzene rings is 1. The van der Waals surface area contributed by atoms with Crippen LogP contribution in [-0.4, -0.2) is 11.1 Å². The molecule has 1 aliphatic heterocycles. The number of carbonyl (C=O) groups is 1. The number of carbonyl (C=O) groups excluding carboxylic acids is 1. The summed E-state index contributed by atoms with van der Waals surface area (Å²) in [6, 6.07) is 9.03. The Balaban J connectivity index is 2.31. The number of nitrogens with two attached hydrogens (primary N) is 1. The predicted molar refractivity (Wildman–Crippen MR) is 63.4 cm³/mol. The fourth-order valence-electron chi connectivity index (χ4n) is 1.27. The molecule has 0 spiro atoms. The normalized spacial score (nSPS) is 17.3. The zero-order valence-electron chi connectivity index (χ0n) is 8.18. The van der Waals surface area contributed by atoms with Crippen LogP contribution < -0.4 is 5.73 Å². The fraction of sp³-hybridized carbons (Fsp3) is 0. The van der Waals surface area contributed by atoms with Gasteiger partial charge in [0.15, 0.2) is 5.17 Å². The Morgan fingerprint density at radius 2 is 2.31 bits per heavy atom. The van der Waals surface area contributed by atoms with Gasteiger partial charge < -0.3 is 5.73 Å². The summed E-state index contributed by atoms with van der Waals surface area (Å²) < 4.78 is 0. The van der Waals surface area contributed by atoms with Crippen molar-refractivity contribution >= 4 is 28.9 Å². The van der Waals surface area contributed by atoms with Gasteiger partial charge in [0, 0.05) is 0 Å². The Morgan fingerprint density at radius 3 is 2.94 bits per heavy atom. The smallest absolute Gasteiger partial charge is 0.286 e. The van der Waals surface area contributed by atoms with Crippen LogP contribution in [0.3, 0.4) is 0 Å². The van der Waals surface area contributed by atoms with Gasteiger partial charge in [0.25, 0.3) is 5.91 Å². The number of rotatable bonds is 1. The summed E-state index contributed by atoms with van der Waals surface area (Å²) in [4.78, 5) is 15.4. The lowest BCUT2D eigenvalue weighted by molar-refractivity contribution is -0.113. The number of amidine groups is 1. The molecule has 1 amide bonds. The van der Waals surface area contributed by atoms with Crippen LogP contribution in [0.1, 0.15) is 11.1 Å². The first-order valence-electron chi connectivity index (χ1n) is 4.47. The second-order valence-corrected chi connectivity index (χ2v) is 4.17. The zero-order chi connectivity index (χ0) is 11.5. The van der Waals surface area contributed by atoms with Crippen molar-refractivity contribution in [3.8, 4) is 6.07 Å². The minimum Gasteiger partial charge on any atom is -0.378 e. The average Bonchev–Trinajstić information content (AvgIpc) is 2.58. The van der Waals surface area contributed by atoms with E-state index in [0.29, 0.717) is 10.5 Å². The third-order valence-electron chi connectivity index (χ3n) is 1.95. The SMILES string of the molecule is N#Cc1cccc(/C=C2\SC(N)=NC2=O)c1. The van der Waals surface area contributed by atoms with E-state index in [9.17, 15) is 4.79 Å². The molecule has 0 saturated heterocycles. The molecule has 16 heavy (non-hydrogen) atoms. The van der Waals surface area contributed by atoms with Gasteiger partial charge in [0.1, 0.15) is 0 Å². The molecule has 0 bridgehead atoms. The maximum absolute atomic E-state index is 11.3. The maximum Gasteiger partial charge on any atom is 0.286 e. The Morgan fingerprint density at radius 1 is 1.50 bits per heavy atom. The van der Waals surface area contributed by atoms with Crippen molar-refractivity contribution in [1.29, 1.82) is 5.26 Å². The second-order valence-electron chi connectivity index (χ2n) is 3.10. The van der Waals surface area contributed by atoms with Gasteiger partial charge in [0.2, 0.25) is 0 Å². The number of nitrogens with zero attached hydrogens (tertiary/aromatic N) is 2. The molecule has 0 unspecified atom stereocenters. The highest BCUT2D eigenvalue weighted by molar-refractivity contribution is 8.18. The lowest BCUT2D eigenvalue weighted by Crippen LogP contribution is -2.01. The molecule has 0 aliphatic carbocycles. The van der Waals surface area contributed by atoms with Crippen LogP contribution in [0.5, 0.6) is 0 Å². The van der Waals surface area contributed by atoms with Crippen molar-refractivity contribution < 1.29 is 4.79 Å². The second kappa shape index (κ2) is 4.21. The zero-order valence-corrected chi connectivity index (χ0v) is 8.99. The molecule has 0 fully saturated rings. The van der Waals surface area contributed by atoms with Crippen molar-refractivity contribution in [3.05, 3.63) is 40.3 Å². The van der Waals surface area contributed by atoms with E-state index in [1.807, 2.05) is 12.1 Å². The van der Waals surface area contributed by atoms with E-state index in [1.54, 1.807) is 24.3 Å². The van der Waals surface area contributed by atoms with E-state index < -0.39 is 0 Å². The van der Waals surface area contributed by atoms with Crippen molar-refractivity contribution in [2.75, 3.05) is 0 Å². The Kier molecular flexibility index (Phi) is 2.75. The van der Waals surface area contributed by atoms with Crippen LogP contribution in [0.15, 0.2) is 34.2 Å². The molecule has 0 radical (unpaired) electrons. The van der Waals surface area contributed by atoms with Gasteiger partial charge in [0.05, 0.1) is 16.5 Å². The van der Waals surface area contributed by atoms with Gasteiger partial charge in [-0.1, -0.05) is 12.1 Å². The van der Waals surface area contributed by atoms with Gasteiger partial charge in [-0.05, 0) is 35.5 Å². The molecule has 1 aromatic rings. The molecule has 1 aliphatic rings. The van der Waals surface area contributed by atoms with Gasteiger partial charge in [-0.3, -0.25) is 4.79 Å². The number of nitriles is 1. The lowest BCUT2D eigenvalue weighted by Gasteiger charge is -1.95. The maximum atomic E-state index is 11.3. The molecule has 2 rings (SSSR count).